The van der Waals surface area contributed by atoms with Crippen LogP contribution in [0.5, 0.6) is 11.5 Å². The Bertz CT molecular complexity index is 5510. The van der Waals surface area contributed by atoms with Crippen LogP contribution in [0.3, 0.4) is 0 Å². The fourth-order valence-corrected chi connectivity index (χ4v) is 18.0. The summed E-state index contributed by atoms with van der Waals surface area (Å²) in [4.78, 5) is 248. The number of fused-ring (bicyclic) bond motifs is 3. The van der Waals surface area contributed by atoms with Crippen molar-refractivity contribution in [3.8, 4) is 11.5 Å². The van der Waals surface area contributed by atoms with Gasteiger partial charge in [0.25, 0.3) is 0 Å². The number of nitrogens with zero attached hydrogens (tertiary/aromatic N) is 5. The number of amides is 15. The van der Waals surface area contributed by atoms with Gasteiger partial charge in [0.15, 0.2) is 17.5 Å². The number of halogens is 3. The van der Waals surface area contributed by atoms with Crippen molar-refractivity contribution in [3.63, 3.8) is 0 Å². The summed E-state index contributed by atoms with van der Waals surface area (Å²) >= 11 is 0.663. The molecule has 0 saturated carbocycles. The molecule has 0 radical (unpaired) electrons. The third kappa shape index (κ3) is 29.1. The molecule has 3 saturated heterocycles. The number of aliphatic carboxylic acids is 1. The third-order valence-electron chi connectivity index (χ3n) is 24.7. The average Bonchev–Trinajstić information content (AvgIpc) is 1.73. The van der Waals surface area contributed by atoms with Gasteiger partial charge in [0.1, 0.15) is 90.0 Å². The second-order valence-electron chi connectivity index (χ2n) is 35.9. The number of para-hydroxylation sites is 1. The van der Waals surface area contributed by atoms with Gasteiger partial charge in [-0.1, -0.05) is 151 Å². The van der Waals surface area contributed by atoms with Gasteiger partial charge in [-0.25, -0.2) is 13.2 Å². The van der Waals surface area contributed by atoms with E-state index in [-0.39, 0.29) is 81.4 Å². The molecule has 0 bridgehead atoms. The first kappa shape index (κ1) is 106. The molecule has 138 heavy (non-hydrogen) atoms. The number of nitrogens with two attached hydrogens (primary N) is 1. The second-order valence-corrected chi connectivity index (χ2v) is 36.9. The van der Waals surface area contributed by atoms with Crippen molar-refractivity contribution in [1.82, 2.24) is 77.3 Å². The molecule has 3 aliphatic heterocycles. The van der Waals surface area contributed by atoms with Gasteiger partial charge in [-0.2, -0.15) is 0 Å². The summed E-state index contributed by atoms with van der Waals surface area (Å²) in [7, 11) is 3.67. The molecule has 7 aromatic rings. The molecule has 3 fully saturated rings. The second kappa shape index (κ2) is 49.7. The van der Waals surface area contributed by atoms with E-state index in [1.807, 2.05) is 0 Å². The highest BCUT2D eigenvalue weighted by atomic mass is 32.2. The number of phenols is 2. The molecule has 36 nitrogen and oxygen atoms in total. The molecule has 40 heteroatoms. The Hall–Kier alpha value is -13.9. The van der Waals surface area contributed by atoms with Gasteiger partial charge in [0.05, 0.1) is 24.8 Å². The number of primary amides is 1. The SMILES string of the molecule is CCCC[C@H]1C(=O)N2C[C@H](O)C[C@@H]2C(=O)N[C@@H](CC(=O)O)C(=O)N[C@@H](C(C)C)C(=O)N(C)[C@@H](Cc2ccccc2)C(=O)N[C@@H](Cc2ccc(O)cc2)C(=O)N2CCCC[C@@H]2C(=O)N[C@@H](Cc2c[nH]c3ccccc23)C(=O)N[C@@H](Cc2ccc(O)cc2)C(=O)NC(CC(C)C)C(=O)N[C@H](C(=O)NCC(N)=O)CSCC(=O)N[C@@H](Cc2cc(F)c(F)c(F)c2)C(=O)N(C)[C@@H](Cc2ccccc2)C(=O)N1C. The Morgan fingerprint density at radius 1 is 0.514 bits per heavy atom. The number of carbonyl (C=O) groups excluding carboxylic acids is 15. The number of aromatic nitrogens is 1. The summed E-state index contributed by atoms with van der Waals surface area (Å²) in [5, 5.41) is 67.2. The van der Waals surface area contributed by atoms with Gasteiger partial charge in [-0.15, -0.1) is 11.8 Å². The number of hydrogen-bond acceptors (Lipinski definition) is 20. The monoisotopic (exact) mass is 1930 g/mol. The molecule has 0 spiro atoms. The number of hydrogen-bond donors (Lipinski definition) is 15. The smallest absolute Gasteiger partial charge is 0.305 e. The number of thioether (sulfide) groups is 1. The lowest BCUT2D eigenvalue weighted by molar-refractivity contribution is -0.152. The zero-order chi connectivity index (χ0) is 100. The van der Waals surface area contributed by atoms with Gasteiger partial charge >= 0.3 is 5.97 Å². The molecule has 3 aliphatic rings. The van der Waals surface area contributed by atoms with E-state index in [0.717, 1.165) is 19.6 Å². The van der Waals surface area contributed by atoms with Crippen LogP contribution in [0.2, 0.25) is 0 Å². The third-order valence-corrected chi connectivity index (χ3v) is 25.7. The number of aromatic amines is 1. The lowest BCUT2D eigenvalue weighted by Gasteiger charge is -2.38. The Morgan fingerprint density at radius 3 is 1.62 bits per heavy atom. The van der Waals surface area contributed by atoms with Crippen molar-refractivity contribution in [2.45, 2.75) is 216 Å². The van der Waals surface area contributed by atoms with E-state index in [0.29, 0.717) is 81.9 Å². The molecule has 6 aromatic carbocycles. The van der Waals surface area contributed by atoms with Crippen molar-refractivity contribution < 1.29 is 110 Å². The number of phenolic OH excluding ortho intramolecular Hbond substituents is 2. The summed E-state index contributed by atoms with van der Waals surface area (Å²) in [5.41, 5.74) is 7.88. The molecule has 1 aromatic heterocycles. The number of carboxylic acid groups (broad SMARTS) is 1. The Balaban J connectivity index is 1.07. The molecule has 0 aliphatic carbocycles. The van der Waals surface area contributed by atoms with Crippen LogP contribution in [0.15, 0.2) is 152 Å². The van der Waals surface area contributed by atoms with Crippen LogP contribution in [-0.2, 0) is 115 Å². The first-order valence-corrected chi connectivity index (χ1v) is 47.0. The number of likely N-dealkylation sites (N-methyl/N-ethyl adjacent to an activating group) is 3. The molecule has 14 atom stereocenters. The van der Waals surface area contributed by atoms with Crippen LogP contribution in [-0.4, -0.2) is 281 Å². The van der Waals surface area contributed by atoms with Crippen LogP contribution in [0.25, 0.3) is 10.9 Å². The largest absolute Gasteiger partial charge is 0.508 e. The zero-order valence-electron chi connectivity index (χ0n) is 78.0. The molecule has 4 heterocycles. The average molecular weight is 1930 g/mol. The van der Waals surface area contributed by atoms with Crippen LogP contribution in [0.1, 0.15) is 126 Å². The highest BCUT2D eigenvalue weighted by molar-refractivity contribution is 8.00. The van der Waals surface area contributed by atoms with E-state index < -0.39 is 252 Å². The number of aliphatic hydroxyl groups is 1. The van der Waals surface area contributed by atoms with Gasteiger partial charge in [0, 0.05) is 102 Å². The topological polar surface area (TPSA) is 520 Å². The van der Waals surface area contributed by atoms with Crippen molar-refractivity contribution in [1.29, 1.82) is 0 Å². The van der Waals surface area contributed by atoms with E-state index in [4.69, 9.17) is 5.73 Å². The predicted molar refractivity (Wildman–Crippen MR) is 502 cm³/mol. The lowest BCUT2D eigenvalue weighted by Crippen LogP contribution is -2.63. The number of benzene rings is 6. The molecule has 10 rings (SSSR count). The maximum Gasteiger partial charge on any atom is 0.305 e. The van der Waals surface area contributed by atoms with Crippen LogP contribution >= 0.6 is 11.8 Å². The van der Waals surface area contributed by atoms with Crippen LogP contribution in [0.4, 0.5) is 13.2 Å². The summed E-state index contributed by atoms with van der Waals surface area (Å²) in [5.74, 6) is -24.8. The van der Waals surface area contributed by atoms with Crippen molar-refractivity contribution in [2.75, 3.05) is 52.3 Å². The lowest BCUT2D eigenvalue weighted by atomic mass is 9.96. The van der Waals surface area contributed by atoms with E-state index >= 15 is 61.5 Å². The number of carboxylic acids is 1. The Kier molecular flexibility index (Phi) is 38.2. The van der Waals surface area contributed by atoms with Gasteiger partial charge in [-0.3, -0.25) is 76.7 Å². The first-order valence-electron chi connectivity index (χ1n) is 45.9. The van der Waals surface area contributed by atoms with E-state index in [1.54, 1.807) is 112 Å². The summed E-state index contributed by atoms with van der Waals surface area (Å²) < 4.78 is 45.2. The van der Waals surface area contributed by atoms with Gasteiger partial charge in [0.2, 0.25) is 88.6 Å². The van der Waals surface area contributed by atoms with E-state index in [1.165, 1.54) is 88.4 Å². The normalized spacial score (nSPS) is 23.8. The first-order chi connectivity index (χ1) is 65.7. The van der Waals surface area contributed by atoms with Crippen LogP contribution in [0, 0.1) is 29.3 Å². The highest BCUT2D eigenvalue weighted by Crippen LogP contribution is 2.29. The maximum atomic E-state index is 15.9. The van der Waals surface area contributed by atoms with E-state index in [9.17, 15) is 48.8 Å². The molecular weight excluding hydrogens is 1810 g/mol. The minimum absolute atomic E-state index is 0.00730. The number of carbonyl (C=O) groups is 16. The molecule has 16 N–H and O–H groups in total. The van der Waals surface area contributed by atoms with Crippen molar-refractivity contribution in [3.05, 3.63) is 203 Å². The molecule has 740 valence electrons. The Morgan fingerprint density at radius 2 is 1.02 bits per heavy atom. The van der Waals surface area contributed by atoms with Gasteiger partial charge < -0.3 is 103 Å². The van der Waals surface area contributed by atoms with Gasteiger partial charge in [-0.05, 0) is 120 Å². The number of H-pyrrole nitrogens is 1. The molecular formula is C98H121F3N16O20S. The Labute approximate surface area is 800 Å². The standard InChI is InChI=1S/C98H121F3N16O20S/c1-9-10-27-77-97(136)117-51-64(120)47-79(117)93(132)109-72(48-83(123)124)90(129)112-85(55(4)5)98(137)114(7)78(44-56-21-13-11-14-22-56)92(131)110-74(42-59-31-35-63(119)36-32-59)95(134)116-37-20-19-28-76(116)91(130)108-71(46-61-49-103-68-26-18-17-25-65(61)68)89(128)107-70(41-58-29-33-62(118)34-30-58)88(127)106-69(38-54(2)3)87(126)111-75(86(125)104-50-81(102)121)52-138-53-82(122)105-73(43-60-39-66(99)84(101)67(100)40-60)94(133)115(8)80(96(135)113(77)6)45-57-23-15-12-16-24-57/h11-18,21-26,29-36,39-40,49,54-55,64,69-80,85,103,118-120H,9-10,19-20,27-28,37-38,41-48,50-53H2,1-8H3,(H2,102,121)(H,104,125)(H,105,122)(H,106,127)(H,107,128)(H,108,130)(H,109,132)(H,110,131)(H,111,126)(H,112,129)(H,123,124)/t64-,69?,70+,71+,72+,73+,74+,75+,76-,77+,78+,79-,80+,85+/m1/s1. The summed E-state index contributed by atoms with van der Waals surface area (Å²) in [6, 6.07) is 14.4. The van der Waals surface area contributed by atoms with Crippen LogP contribution < -0.4 is 53.6 Å². The molecule has 15 amide bonds. The number of rotatable bonds is 23. The quantitative estimate of drug-likeness (QED) is 0.0409. The summed E-state index contributed by atoms with van der Waals surface area (Å²) in [6.07, 6.45) is -2.76. The number of unbranched alkanes of at least 4 members (excludes halogenated alkanes) is 1. The fraction of sp³-hybridized carbons (Fsp3) is 0.449. The molecule has 1 unspecified atom stereocenters. The highest BCUT2D eigenvalue weighted by Gasteiger charge is 2.48. The van der Waals surface area contributed by atoms with E-state index in [2.05, 4.69) is 52.8 Å². The maximum absolute atomic E-state index is 15.9. The number of aromatic hydroxyl groups is 2. The van der Waals surface area contributed by atoms with Crippen molar-refractivity contribution >= 4 is 117 Å². The minimum atomic E-state index is -2.04. The number of aliphatic hydroxyl groups excluding tert-OH is 1. The predicted octanol–water partition coefficient (Wildman–Crippen LogP) is 3.17. The summed E-state index contributed by atoms with van der Waals surface area (Å²) in [6.45, 7) is 6.82. The van der Waals surface area contributed by atoms with Crippen molar-refractivity contribution in [2.24, 2.45) is 17.6 Å². The fourth-order valence-electron chi connectivity index (χ4n) is 17.2. The zero-order valence-corrected chi connectivity index (χ0v) is 78.8. The minimum Gasteiger partial charge on any atom is -0.508 e. The number of nitrogens with one attached hydrogen (secondary N) is 10. The number of piperidine rings is 1.